The van der Waals surface area contributed by atoms with Crippen LogP contribution in [0.15, 0.2) is 40.4 Å². The van der Waals surface area contributed by atoms with Crippen molar-refractivity contribution in [3.63, 3.8) is 0 Å². The van der Waals surface area contributed by atoms with Crippen molar-refractivity contribution in [3.8, 4) is 10.4 Å². The quantitative estimate of drug-likeness (QED) is 0.215. The van der Waals surface area contributed by atoms with Gasteiger partial charge in [0.25, 0.3) is 0 Å². The van der Waals surface area contributed by atoms with E-state index in [1.807, 2.05) is 18.2 Å². The summed E-state index contributed by atoms with van der Waals surface area (Å²) in [5, 5.41) is 4.51. The summed E-state index contributed by atoms with van der Waals surface area (Å²) in [5.74, 6) is -0.567. The zero-order valence-electron chi connectivity index (χ0n) is 17.2. The molecule has 1 unspecified atom stereocenters. The minimum absolute atomic E-state index is 0.0952. The highest BCUT2D eigenvalue weighted by molar-refractivity contribution is 7.15. The van der Waals surface area contributed by atoms with E-state index in [-0.39, 0.29) is 23.6 Å². The third-order valence-corrected chi connectivity index (χ3v) is 7.29. The number of nitrogens with zero attached hydrogens (tertiary/aromatic N) is 4. The van der Waals surface area contributed by atoms with E-state index in [2.05, 4.69) is 20.7 Å². The van der Waals surface area contributed by atoms with E-state index in [0.29, 0.717) is 11.4 Å². The molecule has 5 rings (SSSR count). The predicted molar refractivity (Wildman–Crippen MR) is 121 cm³/mol. The van der Waals surface area contributed by atoms with E-state index < -0.39 is 5.97 Å². The standard InChI is InChI=1S/C23H22N4O3S/c1-2-30-23(29)17-12-27(14-7-8-14)19-10-13(6-9-15(19)22(17)28)21-11-16-18(25-26-24)4-3-5-20(16)31-21/h6,9-12,14,18H,2-5,7-8H2,1H3. The molecule has 158 valence electrons. The molecule has 2 aliphatic rings. The molecule has 2 aromatic heterocycles. The summed E-state index contributed by atoms with van der Waals surface area (Å²) < 4.78 is 7.16. The first kappa shape index (κ1) is 19.8. The number of azide groups is 1. The molecule has 0 radical (unpaired) electrons. The minimum Gasteiger partial charge on any atom is -0.462 e. The number of thiophene rings is 1. The summed E-state index contributed by atoms with van der Waals surface area (Å²) in [6.45, 7) is 1.97. The fraction of sp³-hybridized carbons (Fsp3) is 0.391. The molecule has 0 aliphatic heterocycles. The van der Waals surface area contributed by atoms with Crippen LogP contribution in [-0.2, 0) is 11.2 Å². The Morgan fingerprint density at radius 1 is 1.32 bits per heavy atom. The van der Waals surface area contributed by atoms with Gasteiger partial charge in [-0.1, -0.05) is 11.2 Å². The first-order valence-corrected chi connectivity index (χ1v) is 11.5. The highest BCUT2D eigenvalue weighted by Gasteiger charge is 2.28. The van der Waals surface area contributed by atoms with Crippen LogP contribution < -0.4 is 5.43 Å². The third kappa shape index (κ3) is 3.52. The molecule has 2 heterocycles. The van der Waals surface area contributed by atoms with Gasteiger partial charge in [-0.3, -0.25) is 4.79 Å². The van der Waals surface area contributed by atoms with Gasteiger partial charge in [0.1, 0.15) is 5.56 Å². The Morgan fingerprint density at radius 2 is 2.16 bits per heavy atom. The molecule has 1 saturated carbocycles. The molecule has 3 aromatic rings. The first-order chi connectivity index (χ1) is 15.1. The molecular formula is C23H22N4O3S. The lowest BCUT2D eigenvalue weighted by molar-refractivity contribution is 0.0524. The number of carbonyl (C=O) groups excluding carboxylic acids is 1. The number of fused-ring (bicyclic) bond motifs is 2. The van der Waals surface area contributed by atoms with Crippen LogP contribution >= 0.6 is 11.3 Å². The third-order valence-electron chi connectivity index (χ3n) is 6.03. The van der Waals surface area contributed by atoms with Crippen molar-refractivity contribution in [3.05, 3.63) is 67.1 Å². The lowest BCUT2D eigenvalue weighted by atomic mass is 9.94. The Hall–Kier alpha value is -3.09. The highest BCUT2D eigenvalue weighted by Crippen LogP contribution is 2.43. The summed E-state index contributed by atoms with van der Waals surface area (Å²) in [5.41, 5.74) is 11.7. The molecule has 7 nitrogen and oxygen atoms in total. The van der Waals surface area contributed by atoms with Gasteiger partial charge < -0.3 is 9.30 Å². The van der Waals surface area contributed by atoms with E-state index in [4.69, 9.17) is 10.3 Å². The normalized spacial score (nSPS) is 17.8. The topological polar surface area (TPSA) is 97.1 Å². The second kappa shape index (κ2) is 7.87. The second-order valence-electron chi connectivity index (χ2n) is 8.06. The van der Waals surface area contributed by atoms with Gasteiger partial charge in [0.05, 0.1) is 18.2 Å². The van der Waals surface area contributed by atoms with Crippen LogP contribution in [-0.4, -0.2) is 17.1 Å². The molecular weight excluding hydrogens is 412 g/mol. The number of pyridine rings is 1. The number of hydrogen-bond acceptors (Lipinski definition) is 5. The predicted octanol–water partition coefficient (Wildman–Crippen LogP) is 5.93. The summed E-state index contributed by atoms with van der Waals surface area (Å²) in [4.78, 5) is 30.7. The fourth-order valence-electron chi connectivity index (χ4n) is 4.37. The SMILES string of the molecule is CCOC(=O)c1cn(C2CC2)c2cc(-c3cc4c(s3)CCCC4N=[N+]=[N-])ccc2c1=O. The van der Waals surface area contributed by atoms with Crippen LogP contribution in [0.5, 0.6) is 0 Å². The molecule has 0 saturated heterocycles. The van der Waals surface area contributed by atoms with E-state index in [1.54, 1.807) is 24.5 Å². The Kier molecular flexibility index (Phi) is 5.04. The molecule has 31 heavy (non-hydrogen) atoms. The summed E-state index contributed by atoms with van der Waals surface area (Å²) in [7, 11) is 0. The van der Waals surface area contributed by atoms with Crippen molar-refractivity contribution < 1.29 is 9.53 Å². The Morgan fingerprint density at radius 3 is 2.90 bits per heavy atom. The number of esters is 1. The van der Waals surface area contributed by atoms with Gasteiger partial charge in [-0.25, -0.2) is 4.79 Å². The van der Waals surface area contributed by atoms with E-state index in [0.717, 1.165) is 53.6 Å². The van der Waals surface area contributed by atoms with Crippen LogP contribution in [0.25, 0.3) is 31.8 Å². The van der Waals surface area contributed by atoms with Crippen molar-refractivity contribution >= 4 is 28.2 Å². The van der Waals surface area contributed by atoms with Crippen molar-refractivity contribution in [2.45, 2.75) is 51.1 Å². The highest BCUT2D eigenvalue weighted by atomic mass is 32.1. The number of carbonyl (C=O) groups is 1. The van der Waals surface area contributed by atoms with Crippen LogP contribution in [0.4, 0.5) is 0 Å². The largest absolute Gasteiger partial charge is 0.462 e. The van der Waals surface area contributed by atoms with Gasteiger partial charge >= 0.3 is 5.97 Å². The van der Waals surface area contributed by atoms with Crippen LogP contribution in [0, 0.1) is 0 Å². The summed E-state index contributed by atoms with van der Waals surface area (Å²) >= 11 is 1.73. The number of rotatable bonds is 5. The Bertz CT molecular complexity index is 1300. The van der Waals surface area contributed by atoms with Crippen molar-refractivity contribution in [1.82, 2.24) is 4.57 Å². The molecule has 1 fully saturated rings. The van der Waals surface area contributed by atoms with Gasteiger partial charge in [-0.2, -0.15) is 0 Å². The van der Waals surface area contributed by atoms with E-state index in [9.17, 15) is 9.59 Å². The zero-order chi connectivity index (χ0) is 21.5. The second-order valence-corrected chi connectivity index (χ2v) is 9.20. The lowest BCUT2D eigenvalue weighted by Gasteiger charge is -2.17. The average molecular weight is 435 g/mol. The Labute approximate surface area is 182 Å². The number of aryl methyl sites for hydroxylation is 1. The number of aromatic nitrogens is 1. The molecule has 1 atom stereocenters. The van der Waals surface area contributed by atoms with Crippen molar-refractivity contribution in [1.29, 1.82) is 0 Å². The number of ether oxygens (including phenoxy) is 1. The summed E-state index contributed by atoms with van der Waals surface area (Å²) in [6.07, 6.45) is 6.63. The maximum absolute atomic E-state index is 13.0. The lowest BCUT2D eigenvalue weighted by Crippen LogP contribution is -2.20. The molecule has 0 spiro atoms. The van der Waals surface area contributed by atoms with E-state index in [1.165, 1.54) is 4.88 Å². The van der Waals surface area contributed by atoms with Crippen LogP contribution in [0.2, 0.25) is 0 Å². The monoisotopic (exact) mass is 434 g/mol. The van der Waals surface area contributed by atoms with Gasteiger partial charge in [-0.05, 0) is 73.9 Å². The fourth-order valence-corrected chi connectivity index (χ4v) is 5.62. The molecule has 8 heteroatoms. The van der Waals surface area contributed by atoms with Gasteiger partial charge in [0, 0.05) is 32.3 Å². The maximum Gasteiger partial charge on any atom is 0.343 e. The first-order valence-electron chi connectivity index (χ1n) is 10.6. The molecule has 0 amide bonds. The maximum atomic E-state index is 13.0. The van der Waals surface area contributed by atoms with Crippen LogP contribution in [0.3, 0.4) is 0 Å². The van der Waals surface area contributed by atoms with E-state index >= 15 is 0 Å². The molecule has 1 aromatic carbocycles. The number of benzene rings is 1. The minimum atomic E-state index is -0.567. The number of hydrogen-bond donors (Lipinski definition) is 0. The van der Waals surface area contributed by atoms with Crippen LogP contribution in [0.1, 0.15) is 65.5 Å². The van der Waals surface area contributed by atoms with Gasteiger partial charge in [0.2, 0.25) is 5.43 Å². The van der Waals surface area contributed by atoms with Crippen molar-refractivity contribution in [2.24, 2.45) is 5.11 Å². The van der Waals surface area contributed by atoms with Crippen molar-refractivity contribution in [2.75, 3.05) is 6.61 Å². The summed E-state index contributed by atoms with van der Waals surface area (Å²) in [6, 6.07) is 8.14. The van der Waals surface area contributed by atoms with Gasteiger partial charge in [-0.15, -0.1) is 11.3 Å². The molecule has 0 N–H and O–H groups in total. The average Bonchev–Trinajstić information content (AvgIpc) is 3.52. The molecule has 0 bridgehead atoms. The van der Waals surface area contributed by atoms with Gasteiger partial charge in [0.15, 0.2) is 0 Å². The molecule has 2 aliphatic carbocycles. The Balaban J connectivity index is 1.64. The zero-order valence-corrected chi connectivity index (χ0v) is 18.0. The smallest absolute Gasteiger partial charge is 0.343 e.